The van der Waals surface area contributed by atoms with Crippen molar-refractivity contribution in [1.82, 2.24) is 4.57 Å². The number of rotatable bonds is 2. The van der Waals surface area contributed by atoms with Gasteiger partial charge < -0.3 is 9.88 Å². The second-order valence-electron chi connectivity index (χ2n) is 5.32. The topological polar surface area (TPSA) is 51.1 Å². The van der Waals surface area contributed by atoms with Crippen molar-refractivity contribution in [1.29, 1.82) is 0 Å². The lowest BCUT2D eigenvalue weighted by Crippen LogP contribution is -2.23. The predicted molar refractivity (Wildman–Crippen MR) is 88.3 cm³/mol. The number of para-hydroxylation sites is 1. The van der Waals surface area contributed by atoms with Gasteiger partial charge in [-0.05, 0) is 36.8 Å². The molecule has 0 saturated heterocycles. The number of hydrogen-bond donors (Lipinski definition) is 1. The third-order valence-corrected chi connectivity index (χ3v) is 3.62. The highest BCUT2D eigenvalue weighted by atomic mass is 16.2. The molecule has 0 atom stereocenters. The van der Waals surface area contributed by atoms with Crippen LogP contribution in [0.3, 0.4) is 0 Å². The zero-order chi connectivity index (χ0) is 15.7. The lowest BCUT2D eigenvalue weighted by Gasteiger charge is -2.10. The molecule has 0 bridgehead atoms. The van der Waals surface area contributed by atoms with Gasteiger partial charge >= 0.3 is 0 Å². The maximum atomic E-state index is 12.5. The molecule has 4 nitrogen and oxygen atoms in total. The number of fused-ring (bicyclic) bond motifs is 1. The minimum absolute atomic E-state index is 0.141. The summed E-state index contributed by atoms with van der Waals surface area (Å²) in [4.78, 5) is 24.9. The molecule has 0 fully saturated rings. The fraction of sp³-hybridized carbons (Fsp3) is 0.111. The van der Waals surface area contributed by atoms with E-state index in [2.05, 4.69) is 5.32 Å². The SMILES string of the molecule is Cc1cccc(NC(=O)c2cn(C)c3ccccc3c2=O)c1. The van der Waals surface area contributed by atoms with E-state index in [1.165, 1.54) is 0 Å². The van der Waals surface area contributed by atoms with E-state index in [0.717, 1.165) is 11.1 Å². The van der Waals surface area contributed by atoms with Crippen molar-refractivity contribution >= 4 is 22.5 Å². The van der Waals surface area contributed by atoms with E-state index < -0.39 is 5.91 Å². The van der Waals surface area contributed by atoms with Gasteiger partial charge in [0.2, 0.25) is 5.43 Å². The van der Waals surface area contributed by atoms with Gasteiger partial charge in [-0.3, -0.25) is 9.59 Å². The predicted octanol–water partition coefficient (Wildman–Crippen LogP) is 3.10. The van der Waals surface area contributed by atoms with Crippen LogP contribution in [0.2, 0.25) is 0 Å². The zero-order valence-electron chi connectivity index (χ0n) is 12.5. The Kier molecular flexibility index (Phi) is 3.51. The number of nitrogens with one attached hydrogen (secondary N) is 1. The summed E-state index contributed by atoms with van der Waals surface area (Å²) in [5.41, 5.74) is 2.42. The van der Waals surface area contributed by atoms with Gasteiger partial charge in [0.15, 0.2) is 0 Å². The van der Waals surface area contributed by atoms with Gasteiger partial charge in [0.05, 0.1) is 5.52 Å². The Morgan fingerprint density at radius 3 is 2.64 bits per heavy atom. The maximum Gasteiger partial charge on any atom is 0.261 e. The van der Waals surface area contributed by atoms with Gasteiger partial charge in [-0.15, -0.1) is 0 Å². The first-order valence-electron chi connectivity index (χ1n) is 7.02. The second-order valence-corrected chi connectivity index (χ2v) is 5.32. The summed E-state index contributed by atoms with van der Waals surface area (Å²) in [6.07, 6.45) is 1.58. The van der Waals surface area contributed by atoms with E-state index in [1.807, 2.05) is 44.3 Å². The zero-order valence-corrected chi connectivity index (χ0v) is 12.5. The largest absolute Gasteiger partial charge is 0.350 e. The summed E-state index contributed by atoms with van der Waals surface area (Å²) in [6.45, 7) is 1.95. The number of aromatic nitrogens is 1. The van der Waals surface area contributed by atoms with Gasteiger partial charge in [0, 0.05) is 24.3 Å². The van der Waals surface area contributed by atoms with Crippen molar-refractivity contribution in [2.75, 3.05) is 5.32 Å². The molecule has 1 aromatic heterocycles. The van der Waals surface area contributed by atoms with Gasteiger partial charge in [0.1, 0.15) is 5.56 Å². The van der Waals surface area contributed by atoms with Gasteiger partial charge in [0.25, 0.3) is 5.91 Å². The van der Waals surface area contributed by atoms with Crippen molar-refractivity contribution in [3.8, 4) is 0 Å². The molecule has 1 heterocycles. The average Bonchev–Trinajstić information content (AvgIpc) is 2.51. The lowest BCUT2D eigenvalue weighted by atomic mass is 10.1. The first-order chi connectivity index (χ1) is 10.6. The van der Waals surface area contributed by atoms with Crippen molar-refractivity contribution < 1.29 is 4.79 Å². The third kappa shape index (κ3) is 2.51. The van der Waals surface area contributed by atoms with E-state index in [1.54, 1.807) is 29.0 Å². The normalized spacial score (nSPS) is 10.6. The van der Waals surface area contributed by atoms with Gasteiger partial charge in [-0.1, -0.05) is 24.3 Å². The van der Waals surface area contributed by atoms with E-state index in [9.17, 15) is 9.59 Å². The highest BCUT2D eigenvalue weighted by Crippen LogP contribution is 2.13. The Labute approximate surface area is 128 Å². The van der Waals surface area contributed by atoms with E-state index in [4.69, 9.17) is 0 Å². The lowest BCUT2D eigenvalue weighted by molar-refractivity contribution is 0.102. The molecule has 1 amide bonds. The molecule has 0 aliphatic rings. The first-order valence-corrected chi connectivity index (χ1v) is 7.02. The minimum atomic E-state index is -0.392. The number of aryl methyl sites for hydroxylation is 2. The van der Waals surface area contributed by atoms with Crippen LogP contribution in [0.5, 0.6) is 0 Å². The summed E-state index contributed by atoms with van der Waals surface area (Å²) in [5, 5.41) is 3.32. The molecule has 22 heavy (non-hydrogen) atoms. The smallest absolute Gasteiger partial charge is 0.261 e. The summed E-state index contributed by atoms with van der Waals surface area (Å²) in [7, 11) is 1.82. The minimum Gasteiger partial charge on any atom is -0.350 e. The van der Waals surface area contributed by atoms with E-state index in [-0.39, 0.29) is 11.0 Å². The molecule has 110 valence electrons. The first kappa shape index (κ1) is 14.1. The molecule has 1 N–H and O–H groups in total. The molecule has 0 aliphatic heterocycles. The Bertz CT molecular complexity index is 926. The standard InChI is InChI=1S/C18H16N2O2/c1-12-6-5-7-13(10-12)19-18(22)15-11-20(2)16-9-4-3-8-14(16)17(15)21/h3-11H,1-2H3,(H,19,22). The fourth-order valence-electron chi connectivity index (χ4n) is 2.52. The quantitative estimate of drug-likeness (QED) is 0.789. The molecule has 0 spiro atoms. The second kappa shape index (κ2) is 5.48. The van der Waals surface area contributed by atoms with Gasteiger partial charge in [-0.25, -0.2) is 0 Å². The summed E-state index contributed by atoms with van der Waals surface area (Å²) < 4.78 is 1.79. The van der Waals surface area contributed by atoms with E-state index >= 15 is 0 Å². The molecular formula is C18H16N2O2. The highest BCUT2D eigenvalue weighted by molar-refractivity contribution is 6.05. The van der Waals surface area contributed by atoms with Crippen LogP contribution in [-0.2, 0) is 7.05 Å². The van der Waals surface area contributed by atoms with Crippen LogP contribution >= 0.6 is 0 Å². The van der Waals surface area contributed by atoms with Crippen LogP contribution in [0.4, 0.5) is 5.69 Å². The maximum absolute atomic E-state index is 12.5. The summed E-state index contributed by atoms with van der Waals surface area (Å²) in [5.74, 6) is -0.392. The van der Waals surface area contributed by atoms with Crippen molar-refractivity contribution in [2.45, 2.75) is 6.92 Å². The number of hydrogen-bond acceptors (Lipinski definition) is 2. The van der Waals surface area contributed by atoms with Crippen LogP contribution in [0, 0.1) is 6.92 Å². The average molecular weight is 292 g/mol. The summed E-state index contributed by atoms with van der Waals surface area (Å²) >= 11 is 0. The van der Waals surface area contributed by atoms with E-state index in [0.29, 0.717) is 11.1 Å². The van der Waals surface area contributed by atoms with Crippen molar-refractivity contribution in [3.05, 3.63) is 76.1 Å². The van der Waals surface area contributed by atoms with Crippen LogP contribution in [0.1, 0.15) is 15.9 Å². The Morgan fingerprint density at radius 1 is 1.09 bits per heavy atom. The number of anilines is 1. The van der Waals surface area contributed by atoms with Crippen molar-refractivity contribution in [2.24, 2.45) is 7.05 Å². The van der Waals surface area contributed by atoms with Crippen LogP contribution < -0.4 is 10.7 Å². The molecular weight excluding hydrogens is 276 g/mol. The van der Waals surface area contributed by atoms with Crippen LogP contribution in [-0.4, -0.2) is 10.5 Å². The summed E-state index contributed by atoms with van der Waals surface area (Å²) in [6, 6.07) is 14.7. The fourth-order valence-corrected chi connectivity index (χ4v) is 2.52. The molecule has 0 aliphatic carbocycles. The number of benzene rings is 2. The molecule has 0 saturated carbocycles. The number of nitrogens with zero attached hydrogens (tertiary/aromatic N) is 1. The molecule has 0 radical (unpaired) electrons. The highest BCUT2D eigenvalue weighted by Gasteiger charge is 2.14. The third-order valence-electron chi connectivity index (χ3n) is 3.62. The molecule has 2 aromatic carbocycles. The van der Waals surface area contributed by atoms with Crippen LogP contribution in [0.25, 0.3) is 10.9 Å². The molecule has 4 heteroatoms. The molecule has 3 aromatic rings. The van der Waals surface area contributed by atoms with Crippen LogP contribution in [0.15, 0.2) is 59.5 Å². The number of pyridine rings is 1. The molecule has 0 unspecified atom stereocenters. The molecule has 3 rings (SSSR count). The number of carbonyl (C=O) groups is 1. The monoisotopic (exact) mass is 292 g/mol. The Hall–Kier alpha value is -2.88. The number of carbonyl (C=O) groups excluding carboxylic acids is 1. The Balaban J connectivity index is 2.05. The Morgan fingerprint density at radius 2 is 1.86 bits per heavy atom. The van der Waals surface area contributed by atoms with Gasteiger partial charge in [-0.2, -0.15) is 0 Å². The number of amides is 1. The van der Waals surface area contributed by atoms with Crippen molar-refractivity contribution in [3.63, 3.8) is 0 Å².